The quantitative estimate of drug-likeness (QED) is 0.765. The molecule has 16 heavy (non-hydrogen) atoms. The van der Waals surface area contributed by atoms with Crippen molar-refractivity contribution in [2.75, 3.05) is 13.1 Å². The van der Waals surface area contributed by atoms with Gasteiger partial charge in [-0.2, -0.15) is 0 Å². The number of benzene rings is 1. The molecular formula is C14H18FN. The van der Waals surface area contributed by atoms with Crippen molar-refractivity contribution in [2.45, 2.75) is 31.6 Å². The second-order valence-corrected chi connectivity index (χ2v) is 5.30. The zero-order chi connectivity index (χ0) is 11.0. The van der Waals surface area contributed by atoms with E-state index in [1.807, 2.05) is 12.1 Å². The third-order valence-electron chi connectivity index (χ3n) is 4.44. The van der Waals surface area contributed by atoms with E-state index in [1.54, 1.807) is 12.1 Å². The fourth-order valence-electron chi connectivity index (χ4n) is 3.58. The monoisotopic (exact) mass is 219 g/mol. The molecule has 2 fully saturated rings. The molecule has 0 aromatic heterocycles. The Morgan fingerprint density at radius 3 is 2.50 bits per heavy atom. The molecule has 0 unspecified atom stereocenters. The number of hydrogen-bond donors (Lipinski definition) is 1. The minimum Gasteiger partial charge on any atom is -0.316 e. The summed E-state index contributed by atoms with van der Waals surface area (Å²) in [6, 6.07) is 7.12. The maximum absolute atomic E-state index is 12.9. The third-order valence-corrected chi connectivity index (χ3v) is 4.44. The molecule has 1 atom stereocenters. The highest BCUT2D eigenvalue weighted by atomic mass is 19.1. The van der Waals surface area contributed by atoms with Crippen molar-refractivity contribution < 1.29 is 4.39 Å². The lowest BCUT2D eigenvalue weighted by atomic mass is 9.73. The number of rotatable bonds is 1. The van der Waals surface area contributed by atoms with E-state index >= 15 is 0 Å². The Morgan fingerprint density at radius 2 is 1.81 bits per heavy atom. The van der Waals surface area contributed by atoms with E-state index < -0.39 is 0 Å². The van der Waals surface area contributed by atoms with Crippen LogP contribution in [0.5, 0.6) is 0 Å². The standard InChI is InChI=1S/C14H18FN/c15-12-5-3-11(4-6-12)13-9-16-10-14(13)7-1-2-8-14/h3-6,13,16H,1-2,7-10H2/t13-/m1/s1. The Hall–Kier alpha value is -0.890. The molecule has 1 aromatic carbocycles. The molecule has 0 radical (unpaired) electrons. The Morgan fingerprint density at radius 1 is 1.12 bits per heavy atom. The Labute approximate surface area is 96.1 Å². The first-order valence-electron chi connectivity index (χ1n) is 6.26. The lowest BCUT2D eigenvalue weighted by molar-refractivity contribution is 0.295. The summed E-state index contributed by atoms with van der Waals surface area (Å²) in [4.78, 5) is 0. The largest absolute Gasteiger partial charge is 0.316 e. The van der Waals surface area contributed by atoms with Crippen molar-refractivity contribution in [3.63, 3.8) is 0 Å². The van der Waals surface area contributed by atoms with Crippen LogP contribution in [0.2, 0.25) is 0 Å². The highest BCUT2D eigenvalue weighted by molar-refractivity contribution is 5.26. The molecule has 1 saturated carbocycles. The van der Waals surface area contributed by atoms with Crippen molar-refractivity contribution >= 4 is 0 Å². The number of halogens is 1. The van der Waals surface area contributed by atoms with E-state index in [2.05, 4.69) is 5.32 Å². The fraction of sp³-hybridized carbons (Fsp3) is 0.571. The molecule has 1 nitrogen and oxygen atoms in total. The van der Waals surface area contributed by atoms with Crippen LogP contribution in [0.25, 0.3) is 0 Å². The van der Waals surface area contributed by atoms with Crippen LogP contribution < -0.4 is 5.32 Å². The number of hydrogen-bond acceptors (Lipinski definition) is 1. The predicted molar refractivity (Wildman–Crippen MR) is 62.9 cm³/mol. The van der Waals surface area contributed by atoms with Crippen molar-refractivity contribution in [1.82, 2.24) is 5.32 Å². The van der Waals surface area contributed by atoms with Crippen LogP contribution in [0, 0.1) is 11.2 Å². The van der Waals surface area contributed by atoms with Gasteiger partial charge in [-0.3, -0.25) is 0 Å². The second kappa shape index (κ2) is 3.85. The molecule has 86 valence electrons. The summed E-state index contributed by atoms with van der Waals surface area (Å²) in [5.74, 6) is 0.464. The van der Waals surface area contributed by atoms with E-state index in [9.17, 15) is 4.39 Å². The van der Waals surface area contributed by atoms with Gasteiger partial charge in [0.2, 0.25) is 0 Å². The molecule has 1 spiro atoms. The molecule has 1 N–H and O–H groups in total. The van der Waals surface area contributed by atoms with Gasteiger partial charge in [0.1, 0.15) is 5.82 Å². The highest BCUT2D eigenvalue weighted by Gasteiger charge is 2.45. The molecule has 1 heterocycles. The normalized spacial score (nSPS) is 27.7. The molecule has 0 amide bonds. The van der Waals surface area contributed by atoms with Crippen molar-refractivity contribution in [3.05, 3.63) is 35.6 Å². The molecule has 3 rings (SSSR count). The Balaban J connectivity index is 1.91. The summed E-state index contributed by atoms with van der Waals surface area (Å²) < 4.78 is 12.9. The van der Waals surface area contributed by atoms with Gasteiger partial charge in [0, 0.05) is 19.0 Å². The third kappa shape index (κ3) is 1.56. The topological polar surface area (TPSA) is 12.0 Å². The zero-order valence-electron chi connectivity index (χ0n) is 9.51. The minimum atomic E-state index is -0.129. The summed E-state index contributed by atoms with van der Waals surface area (Å²) >= 11 is 0. The smallest absolute Gasteiger partial charge is 0.123 e. The van der Waals surface area contributed by atoms with Gasteiger partial charge in [0.15, 0.2) is 0 Å². The van der Waals surface area contributed by atoms with Gasteiger partial charge in [0.25, 0.3) is 0 Å². The van der Waals surface area contributed by atoms with E-state index in [0.29, 0.717) is 11.3 Å². The van der Waals surface area contributed by atoms with E-state index in [-0.39, 0.29) is 5.82 Å². The zero-order valence-corrected chi connectivity index (χ0v) is 9.51. The lowest BCUT2D eigenvalue weighted by Gasteiger charge is -2.30. The van der Waals surface area contributed by atoms with Crippen LogP contribution >= 0.6 is 0 Å². The summed E-state index contributed by atoms with van der Waals surface area (Å²) in [7, 11) is 0. The maximum Gasteiger partial charge on any atom is 0.123 e. The minimum absolute atomic E-state index is 0.129. The van der Waals surface area contributed by atoms with Gasteiger partial charge >= 0.3 is 0 Å². The summed E-state index contributed by atoms with van der Waals surface area (Å²) in [5.41, 5.74) is 1.78. The molecule has 2 heteroatoms. The van der Waals surface area contributed by atoms with E-state index in [4.69, 9.17) is 0 Å². The van der Waals surface area contributed by atoms with Gasteiger partial charge in [-0.05, 0) is 36.0 Å². The predicted octanol–water partition coefficient (Wildman–Crippen LogP) is 3.07. The van der Waals surface area contributed by atoms with Gasteiger partial charge in [0.05, 0.1) is 0 Å². The molecule has 0 bridgehead atoms. The highest BCUT2D eigenvalue weighted by Crippen LogP contribution is 2.50. The van der Waals surface area contributed by atoms with Crippen LogP contribution in [0.4, 0.5) is 4.39 Å². The molecule has 1 aliphatic heterocycles. The number of nitrogens with one attached hydrogen (secondary N) is 1. The van der Waals surface area contributed by atoms with Crippen LogP contribution in [-0.2, 0) is 0 Å². The Kier molecular flexibility index (Phi) is 2.47. The fourth-order valence-corrected chi connectivity index (χ4v) is 3.58. The van der Waals surface area contributed by atoms with Gasteiger partial charge in [-0.25, -0.2) is 4.39 Å². The molecule has 1 aliphatic carbocycles. The molecule has 2 aliphatic rings. The Bertz CT molecular complexity index is 359. The first-order chi connectivity index (χ1) is 7.80. The average Bonchev–Trinajstić information content (AvgIpc) is 2.91. The van der Waals surface area contributed by atoms with Crippen molar-refractivity contribution in [2.24, 2.45) is 5.41 Å². The second-order valence-electron chi connectivity index (χ2n) is 5.30. The van der Waals surface area contributed by atoms with Crippen molar-refractivity contribution in [3.8, 4) is 0 Å². The van der Waals surface area contributed by atoms with E-state index in [0.717, 1.165) is 13.1 Å². The van der Waals surface area contributed by atoms with Gasteiger partial charge in [-0.15, -0.1) is 0 Å². The molecular weight excluding hydrogens is 201 g/mol. The lowest BCUT2D eigenvalue weighted by Crippen LogP contribution is -2.25. The van der Waals surface area contributed by atoms with Crippen LogP contribution in [-0.4, -0.2) is 13.1 Å². The van der Waals surface area contributed by atoms with Crippen LogP contribution in [0.1, 0.15) is 37.2 Å². The van der Waals surface area contributed by atoms with Crippen LogP contribution in [0.3, 0.4) is 0 Å². The molecule has 1 aromatic rings. The average molecular weight is 219 g/mol. The van der Waals surface area contributed by atoms with Crippen molar-refractivity contribution in [1.29, 1.82) is 0 Å². The summed E-state index contributed by atoms with van der Waals surface area (Å²) in [6.07, 6.45) is 5.39. The summed E-state index contributed by atoms with van der Waals surface area (Å²) in [5, 5.41) is 3.52. The first kappa shape index (κ1) is 10.3. The summed E-state index contributed by atoms with van der Waals surface area (Å²) in [6.45, 7) is 2.21. The SMILES string of the molecule is Fc1ccc([C@H]2CNCC23CCCC3)cc1. The first-order valence-corrected chi connectivity index (χ1v) is 6.26. The van der Waals surface area contributed by atoms with Crippen LogP contribution in [0.15, 0.2) is 24.3 Å². The maximum atomic E-state index is 12.9. The van der Waals surface area contributed by atoms with E-state index in [1.165, 1.54) is 31.2 Å². The van der Waals surface area contributed by atoms with Gasteiger partial charge in [-0.1, -0.05) is 25.0 Å². The molecule has 1 saturated heterocycles. The van der Waals surface area contributed by atoms with Gasteiger partial charge < -0.3 is 5.32 Å².